The zero-order valence-corrected chi connectivity index (χ0v) is 13.1. The first-order valence-corrected chi connectivity index (χ1v) is 7.95. The van der Waals surface area contributed by atoms with Gasteiger partial charge in [0, 0.05) is 17.6 Å². The van der Waals surface area contributed by atoms with Crippen molar-refractivity contribution in [3.8, 4) is 17.0 Å². The van der Waals surface area contributed by atoms with Crippen LogP contribution >= 0.6 is 11.3 Å². The summed E-state index contributed by atoms with van der Waals surface area (Å²) in [6.07, 6.45) is 3.04. The van der Waals surface area contributed by atoms with Crippen LogP contribution in [0, 0.1) is 6.92 Å². The molecular weight excluding hydrogens is 282 g/mol. The molecule has 2 heterocycles. The van der Waals surface area contributed by atoms with Gasteiger partial charge < -0.3 is 10.5 Å². The Morgan fingerprint density at radius 3 is 2.71 bits per heavy atom. The minimum absolute atomic E-state index is 0.469. The van der Waals surface area contributed by atoms with Gasteiger partial charge in [0.25, 0.3) is 0 Å². The van der Waals surface area contributed by atoms with Gasteiger partial charge in [0.2, 0.25) is 0 Å². The number of nitrogens with zero attached hydrogens (tertiary/aromatic N) is 2. The van der Waals surface area contributed by atoms with E-state index >= 15 is 0 Å². The number of imidazole rings is 1. The molecule has 0 radical (unpaired) electrons. The molecular formula is C16H19N3OS. The molecule has 0 atom stereocenters. The van der Waals surface area contributed by atoms with E-state index < -0.39 is 0 Å². The first-order chi connectivity index (χ1) is 10.2. The zero-order chi connectivity index (χ0) is 14.8. The highest BCUT2D eigenvalue weighted by Gasteiger charge is 2.13. The van der Waals surface area contributed by atoms with E-state index in [1.165, 1.54) is 16.1 Å². The van der Waals surface area contributed by atoms with Crippen molar-refractivity contribution in [1.29, 1.82) is 0 Å². The quantitative estimate of drug-likeness (QED) is 0.783. The maximum absolute atomic E-state index is 5.68. The third-order valence-electron chi connectivity index (χ3n) is 3.35. The van der Waals surface area contributed by atoms with Gasteiger partial charge in [0.15, 0.2) is 4.96 Å². The fourth-order valence-electron chi connectivity index (χ4n) is 2.37. The van der Waals surface area contributed by atoms with Crippen molar-refractivity contribution >= 4 is 16.3 Å². The molecule has 0 aliphatic heterocycles. The van der Waals surface area contributed by atoms with Crippen LogP contribution in [0.15, 0.2) is 30.5 Å². The third-order valence-corrected chi connectivity index (χ3v) is 4.32. The summed E-state index contributed by atoms with van der Waals surface area (Å²) in [5.74, 6) is 0.915. The summed E-state index contributed by atoms with van der Waals surface area (Å²) >= 11 is 1.69. The first-order valence-electron chi connectivity index (χ1n) is 7.13. The van der Waals surface area contributed by atoms with Gasteiger partial charge in [-0.25, -0.2) is 4.98 Å². The summed E-state index contributed by atoms with van der Waals surface area (Å²) in [4.78, 5) is 6.78. The molecule has 2 aromatic heterocycles. The third kappa shape index (κ3) is 2.66. The summed E-state index contributed by atoms with van der Waals surface area (Å²) in [7, 11) is 0. The molecule has 0 saturated heterocycles. The van der Waals surface area contributed by atoms with Crippen molar-refractivity contribution in [1.82, 2.24) is 9.38 Å². The molecule has 0 aliphatic carbocycles. The molecule has 4 nitrogen and oxygen atoms in total. The van der Waals surface area contributed by atoms with Crippen LogP contribution < -0.4 is 10.5 Å². The van der Waals surface area contributed by atoms with Gasteiger partial charge in [-0.3, -0.25) is 4.40 Å². The number of ether oxygens (including phenoxy) is 1. The van der Waals surface area contributed by atoms with E-state index in [4.69, 9.17) is 10.5 Å². The lowest BCUT2D eigenvalue weighted by Gasteiger charge is -2.06. The highest BCUT2D eigenvalue weighted by Crippen LogP contribution is 2.32. The van der Waals surface area contributed by atoms with Crippen molar-refractivity contribution in [3.05, 3.63) is 41.0 Å². The Balaban J connectivity index is 1.98. The smallest absolute Gasteiger partial charge is 0.194 e. The molecule has 2 N–H and O–H groups in total. The lowest BCUT2D eigenvalue weighted by molar-refractivity contribution is 0.317. The molecule has 0 unspecified atom stereocenters. The Kier molecular flexibility index (Phi) is 3.94. The molecule has 0 fully saturated rings. The standard InChI is InChI=1S/C16H19N3OS/c1-3-8-20-14-6-4-12(5-7-14)15-11(2)21-16-18-13(9-17)10-19(15)16/h4-7,10H,3,8-9,17H2,1-2H3. The second-order valence-corrected chi connectivity index (χ2v) is 6.15. The van der Waals surface area contributed by atoms with E-state index in [9.17, 15) is 0 Å². The average molecular weight is 301 g/mol. The first kappa shape index (κ1) is 14.1. The predicted molar refractivity (Wildman–Crippen MR) is 86.9 cm³/mol. The van der Waals surface area contributed by atoms with Crippen LogP contribution in [0.1, 0.15) is 23.9 Å². The largest absolute Gasteiger partial charge is 0.494 e. The number of aryl methyl sites for hydroxylation is 1. The lowest BCUT2D eigenvalue weighted by Crippen LogP contribution is -1.96. The highest BCUT2D eigenvalue weighted by atomic mass is 32.1. The Labute approximate surface area is 128 Å². The molecule has 0 amide bonds. The van der Waals surface area contributed by atoms with E-state index in [1.54, 1.807) is 11.3 Å². The van der Waals surface area contributed by atoms with E-state index in [0.717, 1.165) is 29.4 Å². The van der Waals surface area contributed by atoms with E-state index in [-0.39, 0.29) is 0 Å². The topological polar surface area (TPSA) is 52.5 Å². The van der Waals surface area contributed by atoms with Gasteiger partial charge in [-0.15, -0.1) is 11.3 Å². The van der Waals surface area contributed by atoms with Gasteiger partial charge in [0.1, 0.15) is 5.75 Å². The number of rotatable bonds is 5. The van der Waals surface area contributed by atoms with Crippen LogP contribution in [0.25, 0.3) is 16.2 Å². The summed E-state index contributed by atoms with van der Waals surface area (Å²) in [5, 5.41) is 0. The van der Waals surface area contributed by atoms with Gasteiger partial charge >= 0.3 is 0 Å². The molecule has 3 rings (SSSR count). The Morgan fingerprint density at radius 2 is 2.05 bits per heavy atom. The lowest BCUT2D eigenvalue weighted by atomic mass is 10.1. The average Bonchev–Trinajstić information content (AvgIpc) is 3.02. The number of benzene rings is 1. The van der Waals surface area contributed by atoms with Crippen molar-refractivity contribution in [3.63, 3.8) is 0 Å². The van der Waals surface area contributed by atoms with Gasteiger partial charge in [-0.1, -0.05) is 6.92 Å². The number of hydrogen-bond donors (Lipinski definition) is 1. The molecule has 0 spiro atoms. The molecule has 5 heteroatoms. The van der Waals surface area contributed by atoms with Gasteiger partial charge in [0.05, 0.1) is 18.0 Å². The van der Waals surface area contributed by atoms with Crippen molar-refractivity contribution < 1.29 is 4.74 Å². The van der Waals surface area contributed by atoms with E-state index in [0.29, 0.717) is 6.54 Å². The second-order valence-electron chi connectivity index (χ2n) is 4.97. The molecule has 0 bridgehead atoms. The monoisotopic (exact) mass is 301 g/mol. The SMILES string of the molecule is CCCOc1ccc(-c2c(C)sc3nc(CN)cn23)cc1. The second kappa shape index (κ2) is 5.87. The Morgan fingerprint density at radius 1 is 1.29 bits per heavy atom. The number of thiazole rings is 1. The number of aromatic nitrogens is 2. The fourth-order valence-corrected chi connectivity index (χ4v) is 3.36. The molecule has 3 aromatic rings. The van der Waals surface area contributed by atoms with Crippen LogP contribution in [0.4, 0.5) is 0 Å². The highest BCUT2D eigenvalue weighted by molar-refractivity contribution is 7.17. The predicted octanol–water partition coefficient (Wildman–Crippen LogP) is 3.62. The number of fused-ring (bicyclic) bond motifs is 1. The van der Waals surface area contributed by atoms with Crippen molar-refractivity contribution in [2.75, 3.05) is 6.61 Å². The Hall–Kier alpha value is -1.85. The van der Waals surface area contributed by atoms with Gasteiger partial charge in [-0.05, 0) is 43.2 Å². The summed E-state index contributed by atoms with van der Waals surface area (Å²) in [5.41, 5.74) is 8.95. The molecule has 21 heavy (non-hydrogen) atoms. The molecule has 0 saturated carbocycles. The molecule has 110 valence electrons. The van der Waals surface area contributed by atoms with E-state index in [1.807, 2.05) is 18.3 Å². The van der Waals surface area contributed by atoms with Crippen LogP contribution in [0.2, 0.25) is 0 Å². The maximum Gasteiger partial charge on any atom is 0.194 e. The van der Waals surface area contributed by atoms with Crippen LogP contribution in [0.5, 0.6) is 5.75 Å². The maximum atomic E-state index is 5.68. The van der Waals surface area contributed by atoms with Crippen molar-refractivity contribution in [2.24, 2.45) is 5.73 Å². The molecule has 1 aromatic carbocycles. The van der Waals surface area contributed by atoms with E-state index in [2.05, 4.69) is 35.4 Å². The van der Waals surface area contributed by atoms with Crippen molar-refractivity contribution in [2.45, 2.75) is 26.8 Å². The number of nitrogens with two attached hydrogens (primary N) is 1. The minimum atomic E-state index is 0.469. The van der Waals surface area contributed by atoms with Crippen LogP contribution in [-0.4, -0.2) is 16.0 Å². The summed E-state index contributed by atoms with van der Waals surface area (Å²) in [6, 6.07) is 8.24. The normalized spacial score (nSPS) is 11.2. The minimum Gasteiger partial charge on any atom is -0.494 e. The summed E-state index contributed by atoms with van der Waals surface area (Å²) < 4.78 is 7.76. The zero-order valence-electron chi connectivity index (χ0n) is 12.3. The number of hydrogen-bond acceptors (Lipinski definition) is 4. The molecule has 0 aliphatic rings. The van der Waals surface area contributed by atoms with Crippen LogP contribution in [-0.2, 0) is 6.54 Å². The fraction of sp³-hybridized carbons (Fsp3) is 0.312. The van der Waals surface area contributed by atoms with Gasteiger partial charge in [-0.2, -0.15) is 0 Å². The summed E-state index contributed by atoms with van der Waals surface area (Å²) in [6.45, 7) is 5.45. The van der Waals surface area contributed by atoms with Crippen LogP contribution in [0.3, 0.4) is 0 Å². The Bertz CT molecular complexity index is 743.